The number of esters is 1. The van der Waals surface area contributed by atoms with Crippen molar-refractivity contribution in [3.05, 3.63) is 89.5 Å². The van der Waals surface area contributed by atoms with Gasteiger partial charge in [-0.2, -0.15) is 0 Å². The highest BCUT2D eigenvalue weighted by molar-refractivity contribution is 6.04. The van der Waals surface area contributed by atoms with Gasteiger partial charge in [0.2, 0.25) is 0 Å². The monoisotopic (exact) mass is 512 g/mol. The molecule has 3 aromatic rings. The van der Waals surface area contributed by atoms with Crippen LogP contribution in [-0.2, 0) is 11.2 Å². The van der Waals surface area contributed by atoms with Crippen molar-refractivity contribution in [2.75, 3.05) is 25.5 Å². The van der Waals surface area contributed by atoms with Gasteiger partial charge in [-0.1, -0.05) is 35.9 Å². The van der Waals surface area contributed by atoms with Crippen molar-refractivity contribution < 1.29 is 19.1 Å². The van der Waals surface area contributed by atoms with Crippen molar-refractivity contribution in [2.45, 2.75) is 46.1 Å². The van der Waals surface area contributed by atoms with Crippen LogP contribution in [0.5, 0.6) is 11.5 Å². The van der Waals surface area contributed by atoms with E-state index in [2.05, 4.69) is 29.4 Å². The zero-order valence-corrected chi connectivity index (χ0v) is 22.6. The van der Waals surface area contributed by atoms with E-state index < -0.39 is 0 Å². The zero-order valence-electron chi connectivity index (χ0n) is 22.6. The first-order valence-electron chi connectivity index (χ1n) is 13.1. The lowest BCUT2D eigenvalue weighted by atomic mass is 10.0. The third kappa shape index (κ3) is 7.56. The molecule has 0 atom stereocenters. The van der Waals surface area contributed by atoms with Gasteiger partial charge in [-0.3, -0.25) is 9.59 Å². The van der Waals surface area contributed by atoms with E-state index in [0.29, 0.717) is 23.4 Å². The van der Waals surface area contributed by atoms with Crippen LogP contribution < -0.4 is 14.8 Å². The van der Waals surface area contributed by atoms with Crippen LogP contribution in [-0.4, -0.2) is 43.0 Å². The van der Waals surface area contributed by atoms with Gasteiger partial charge >= 0.3 is 5.97 Å². The zero-order chi connectivity index (χ0) is 27.1. The molecule has 0 radical (unpaired) electrons. The fourth-order valence-corrected chi connectivity index (χ4v) is 4.42. The number of anilines is 1. The quantitative estimate of drug-likeness (QED) is 0.212. The number of likely N-dealkylation sites (tertiary alicyclic amines) is 1. The van der Waals surface area contributed by atoms with Crippen LogP contribution in [0.1, 0.15) is 49.5 Å². The molecule has 1 aliphatic heterocycles. The normalized spacial score (nSPS) is 14.0. The van der Waals surface area contributed by atoms with Gasteiger partial charge in [0, 0.05) is 31.3 Å². The van der Waals surface area contributed by atoms with E-state index in [-0.39, 0.29) is 18.0 Å². The summed E-state index contributed by atoms with van der Waals surface area (Å²) in [6.45, 7) is 7.52. The van der Waals surface area contributed by atoms with E-state index in [4.69, 9.17) is 9.47 Å². The predicted molar refractivity (Wildman–Crippen MR) is 152 cm³/mol. The number of rotatable bonds is 8. The Morgan fingerprint density at radius 2 is 1.55 bits per heavy atom. The lowest BCUT2D eigenvalue weighted by Gasteiger charge is -2.29. The maximum Gasteiger partial charge on any atom is 0.308 e. The van der Waals surface area contributed by atoms with E-state index in [0.717, 1.165) is 53.9 Å². The van der Waals surface area contributed by atoms with Crippen LogP contribution >= 0.6 is 0 Å². The van der Waals surface area contributed by atoms with E-state index in [1.165, 1.54) is 6.92 Å². The molecule has 1 fully saturated rings. The molecular formula is C32H36N2O4. The number of carbonyl (C=O) groups excluding carboxylic acids is 2. The summed E-state index contributed by atoms with van der Waals surface area (Å²) in [7, 11) is 2.15. The van der Waals surface area contributed by atoms with E-state index in [1.807, 2.05) is 56.3 Å². The first-order chi connectivity index (χ1) is 18.3. The molecule has 0 spiro atoms. The molecule has 1 amide bonds. The minimum atomic E-state index is -0.389. The molecular weight excluding hydrogens is 476 g/mol. The number of hydrogen-bond donors (Lipinski definition) is 1. The predicted octanol–water partition coefficient (Wildman–Crippen LogP) is 6.51. The van der Waals surface area contributed by atoms with Crippen LogP contribution in [0.15, 0.2) is 78.4 Å². The summed E-state index contributed by atoms with van der Waals surface area (Å²) in [6.07, 6.45) is 5.00. The lowest BCUT2D eigenvalue weighted by Crippen LogP contribution is -2.35. The third-order valence-electron chi connectivity index (χ3n) is 6.61. The number of allylic oxidation sites excluding steroid dienone is 2. The maximum absolute atomic E-state index is 13.0. The van der Waals surface area contributed by atoms with Gasteiger partial charge in [0.15, 0.2) is 0 Å². The van der Waals surface area contributed by atoms with Gasteiger partial charge in [0.05, 0.1) is 0 Å². The number of carbonyl (C=O) groups is 2. The first-order valence-corrected chi connectivity index (χ1v) is 13.1. The molecule has 6 heteroatoms. The van der Waals surface area contributed by atoms with Crippen LogP contribution in [0, 0.1) is 0 Å². The molecule has 1 saturated heterocycles. The van der Waals surface area contributed by atoms with Gasteiger partial charge in [-0.25, -0.2) is 0 Å². The Hall–Kier alpha value is -3.90. The van der Waals surface area contributed by atoms with Crippen LogP contribution in [0.25, 0.3) is 11.1 Å². The van der Waals surface area contributed by atoms with E-state index in [1.54, 1.807) is 18.2 Å². The fraction of sp³-hybridized carbons (Fsp3) is 0.312. The van der Waals surface area contributed by atoms with Gasteiger partial charge in [-0.15, -0.1) is 0 Å². The Bertz CT molecular complexity index is 1280. The molecule has 4 rings (SSSR count). The minimum Gasteiger partial charge on any atom is -0.490 e. The Balaban J connectivity index is 1.39. The molecule has 0 aromatic heterocycles. The van der Waals surface area contributed by atoms with Crippen molar-refractivity contribution in [1.29, 1.82) is 0 Å². The van der Waals surface area contributed by atoms with E-state index in [9.17, 15) is 9.59 Å². The number of benzene rings is 3. The number of nitrogens with zero attached hydrogens (tertiary/aromatic N) is 1. The Kier molecular flexibility index (Phi) is 8.98. The highest BCUT2D eigenvalue weighted by atomic mass is 16.5. The molecule has 198 valence electrons. The standard InChI is InChI=1S/C32H36N2O4/c1-22(2)5-6-26-21-27(11-16-31(26)37-23(3)35)32(36)33-28-12-7-24(8-13-28)25-9-14-29(15-10-25)38-30-17-19-34(4)20-18-30/h5,7-16,21,30H,6,17-20H2,1-4H3,(H,33,36). The second kappa shape index (κ2) is 12.6. The second-order valence-corrected chi connectivity index (χ2v) is 10.1. The molecule has 0 aliphatic carbocycles. The van der Waals surface area contributed by atoms with Gasteiger partial charge in [0.25, 0.3) is 5.91 Å². The van der Waals surface area contributed by atoms with Crippen molar-refractivity contribution in [3.63, 3.8) is 0 Å². The number of piperidine rings is 1. The van der Waals surface area contributed by atoms with Crippen molar-refractivity contribution in [1.82, 2.24) is 4.90 Å². The molecule has 3 aromatic carbocycles. The summed E-state index contributed by atoms with van der Waals surface area (Å²) >= 11 is 0. The van der Waals surface area contributed by atoms with Gasteiger partial charge in [0.1, 0.15) is 17.6 Å². The van der Waals surface area contributed by atoms with Gasteiger partial charge < -0.3 is 19.7 Å². The molecule has 1 heterocycles. The number of nitrogens with one attached hydrogen (secondary N) is 1. The summed E-state index contributed by atoms with van der Waals surface area (Å²) < 4.78 is 11.5. The van der Waals surface area contributed by atoms with Crippen molar-refractivity contribution in [2.24, 2.45) is 0 Å². The molecule has 0 bridgehead atoms. The van der Waals surface area contributed by atoms with E-state index >= 15 is 0 Å². The van der Waals surface area contributed by atoms with Gasteiger partial charge in [-0.05, 0) is 99.3 Å². The Morgan fingerprint density at radius 1 is 0.921 bits per heavy atom. The second-order valence-electron chi connectivity index (χ2n) is 10.1. The summed E-state index contributed by atoms with van der Waals surface area (Å²) in [4.78, 5) is 26.8. The SMILES string of the molecule is CC(=O)Oc1ccc(C(=O)Nc2ccc(-c3ccc(OC4CCN(C)CC4)cc3)cc2)cc1CC=C(C)C. The fourth-order valence-electron chi connectivity index (χ4n) is 4.42. The van der Waals surface area contributed by atoms with Crippen LogP contribution in [0.2, 0.25) is 0 Å². The van der Waals surface area contributed by atoms with Crippen LogP contribution in [0.3, 0.4) is 0 Å². The molecule has 1 N–H and O–H groups in total. The number of hydrogen-bond acceptors (Lipinski definition) is 5. The third-order valence-corrected chi connectivity index (χ3v) is 6.61. The lowest BCUT2D eigenvalue weighted by molar-refractivity contribution is -0.131. The minimum absolute atomic E-state index is 0.221. The van der Waals surface area contributed by atoms with Crippen molar-refractivity contribution in [3.8, 4) is 22.6 Å². The molecule has 0 saturated carbocycles. The Morgan fingerprint density at radius 3 is 2.16 bits per heavy atom. The largest absolute Gasteiger partial charge is 0.490 e. The first kappa shape index (κ1) is 27.1. The van der Waals surface area contributed by atoms with Crippen molar-refractivity contribution >= 4 is 17.6 Å². The average molecular weight is 513 g/mol. The smallest absolute Gasteiger partial charge is 0.308 e. The summed E-state index contributed by atoms with van der Waals surface area (Å²) in [6, 6.07) is 21.1. The maximum atomic E-state index is 13.0. The number of amides is 1. The molecule has 1 aliphatic rings. The number of ether oxygens (including phenoxy) is 2. The molecule has 38 heavy (non-hydrogen) atoms. The summed E-state index contributed by atoms with van der Waals surface area (Å²) in [5.74, 6) is 0.760. The Labute approximate surface area is 225 Å². The average Bonchev–Trinajstić information content (AvgIpc) is 2.90. The molecule has 6 nitrogen and oxygen atoms in total. The summed E-state index contributed by atoms with van der Waals surface area (Å²) in [5, 5.41) is 2.96. The van der Waals surface area contributed by atoms with Crippen LogP contribution in [0.4, 0.5) is 5.69 Å². The topological polar surface area (TPSA) is 67.9 Å². The molecule has 0 unspecified atom stereocenters. The summed E-state index contributed by atoms with van der Waals surface area (Å²) in [5.41, 5.74) is 5.28. The highest BCUT2D eigenvalue weighted by Gasteiger charge is 2.18. The highest BCUT2D eigenvalue weighted by Crippen LogP contribution is 2.27.